The van der Waals surface area contributed by atoms with Crippen LogP contribution in [0, 0.1) is 0 Å². The van der Waals surface area contributed by atoms with E-state index in [1.807, 2.05) is 18.2 Å². The van der Waals surface area contributed by atoms with Crippen molar-refractivity contribution in [2.24, 2.45) is 0 Å². The average Bonchev–Trinajstić information content (AvgIpc) is 2.87. The van der Waals surface area contributed by atoms with Crippen molar-refractivity contribution in [1.29, 1.82) is 0 Å². The number of sulfonamides is 2. The van der Waals surface area contributed by atoms with Gasteiger partial charge in [-0.15, -0.1) is 0 Å². The van der Waals surface area contributed by atoms with Gasteiger partial charge in [-0.2, -0.15) is 0 Å². The monoisotopic (exact) mass is 556 g/mol. The van der Waals surface area contributed by atoms with E-state index in [0.717, 1.165) is 5.56 Å². The summed E-state index contributed by atoms with van der Waals surface area (Å²) in [6.07, 6.45) is 0. The van der Waals surface area contributed by atoms with Crippen LogP contribution >= 0.6 is 11.6 Å². The van der Waals surface area contributed by atoms with Gasteiger partial charge in [0.15, 0.2) is 0 Å². The molecule has 0 bridgehead atoms. The van der Waals surface area contributed by atoms with Gasteiger partial charge in [0.2, 0.25) is 20.0 Å². The lowest BCUT2D eigenvalue weighted by atomic mass is 10.0. The van der Waals surface area contributed by atoms with Gasteiger partial charge >= 0.3 is 0 Å². The van der Waals surface area contributed by atoms with Crippen molar-refractivity contribution in [3.05, 3.63) is 107 Å². The fourth-order valence-electron chi connectivity index (χ4n) is 3.75. The molecule has 0 aromatic heterocycles. The fourth-order valence-corrected chi connectivity index (χ4v) is 6.31. The summed E-state index contributed by atoms with van der Waals surface area (Å²) in [5, 5.41) is 0.423. The highest BCUT2D eigenvalue weighted by Crippen LogP contribution is 2.35. The number of rotatable bonds is 9. The molecule has 11 heteroatoms. The van der Waals surface area contributed by atoms with Crippen molar-refractivity contribution in [1.82, 2.24) is 9.44 Å². The minimum atomic E-state index is -4.08. The smallest absolute Gasteiger partial charge is 0.241 e. The van der Waals surface area contributed by atoms with Gasteiger partial charge in [0.1, 0.15) is 0 Å². The fraction of sp³-hybridized carbons (Fsp3) is 0.0769. The minimum Gasteiger partial charge on any atom is -0.399 e. The highest BCUT2D eigenvalue weighted by molar-refractivity contribution is 7.89. The van der Waals surface area contributed by atoms with E-state index in [0.29, 0.717) is 10.6 Å². The molecule has 0 spiro atoms. The van der Waals surface area contributed by atoms with Gasteiger partial charge in [0, 0.05) is 35.1 Å². The summed E-state index contributed by atoms with van der Waals surface area (Å²) in [6.45, 7) is 0.0303. The first-order valence-corrected chi connectivity index (χ1v) is 14.5. The third-order valence-electron chi connectivity index (χ3n) is 5.60. The highest BCUT2D eigenvalue weighted by atomic mass is 35.5. The number of benzene rings is 4. The minimum absolute atomic E-state index is 0.0454. The zero-order valence-corrected chi connectivity index (χ0v) is 21.9. The SMILES string of the molecule is Nc1cc(-c2c(N)cccc2S(=O)(=O)NCc2ccccc2Cl)cc(S(=O)(=O)NCc2ccccc2)c1. The molecule has 0 amide bonds. The van der Waals surface area contributed by atoms with E-state index in [2.05, 4.69) is 9.44 Å². The van der Waals surface area contributed by atoms with Gasteiger partial charge in [-0.25, -0.2) is 26.3 Å². The summed E-state index contributed by atoms with van der Waals surface area (Å²) in [7, 11) is -8.05. The van der Waals surface area contributed by atoms with Gasteiger partial charge < -0.3 is 11.5 Å². The molecule has 0 atom stereocenters. The van der Waals surface area contributed by atoms with Gasteiger partial charge in [-0.05, 0) is 53.1 Å². The van der Waals surface area contributed by atoms with Gasteiger partial charge in [-0.1, -0.05) is 66.2 Å². The Labute approximate surface area is 221 Å². The first-order chi connectivity index (χ1) is 17.6. The largest absolute Gasteiger partial charge is 0.399 e. The van der Waals surface area contributed by atoms with Gasteiger partial charge in [0.05, 0.1) is 9.79 Å². The molecule has 4 aromatic rings. The van der Waals surface area contributed by atoms with Gasteiger partial charge in [-0.3, -0.25) is 0 Å². The molecular weight excluding hydrogens is 532 g/mol. The summed E-state index contributed by atoms with van der Waals surface area (Å²) in [5.41, 5.74) is 14.3. The lowest BCUT2D eigenvalue weighted by Gasteiger charge is -2.16. The first kappa shape index (κ1) is 26.6. The van der Waals surface area contributed by atoms with Crippen LogP contribution in [0.15, 0.2) is 101 Å². The highest BCUT2D eigenvalue weighted by Gasteiger charge is 2.24. The Morgan fingerprint density at radius 3 is 2.11 bits per heavy atom. The zero-order valence-electron chi connectivity index (χ0n) is 19.6. The van der Waals surface area contributed by atoms with E-state index in [1.54, 1.807) is 36.4 Å². The summed E-state index contributed by atoms with van der Waals surface area (Å²) in [5.74, 6) is 0. The molecule has 0 heterocycles. The maximum absolute atomic E-state index is 13.3. The molecule has 6 N–H and O–H groups in total. The first-order valence-electron chi connectivity index (χ1n) is 11.1. The number of halogens is 1. The predicted molar refractivity (Wildman–Crippen MR) is 147 cm³/mol. The second kappa shape index (κ2) is 10.9. The molecule has 0 radical (unpaired) electrons. The number of nitrogen functional groups attached to an aromatic ring is 2. The lowest BCUT2D eigenvalue weighted by Crippen LogP contribution is -2.24. The molecule has 0 saturated heterocycles. The van der Waals surface area contributed by atoms with Crippen LogP contribution < -0.4 is 20.9 Å². The number of anilines is 2. The summed E-state index contributed by atoms with van der Waals surface area (Å²) in [6, 6.07) is 24.5. The van der Waals surface area contributed by atoms with Crippen molar-refractivity contribution >= 4 is 43.0 Å². The van der Waals surface area contributed by atoms with Crippen molar-refractivity contribution in [3.63, 3.8) is 0 Å². The Bertz CT molecular complexity index is 1640. The van der Waals surface area contributed by atoms with Crippen molar-refractivity contribution < 1.29 is 16.8 Å². The van der Waals surface area contributed by atoms with Crippen LogP contribution in [0.1, 0.15) is 11.1 Å². The topological polar surface area (TPSA) is 144 Å². The molecule has 0 aliphatic carbocycles. The molecule has 0 aliphatic rings. The molecule has 4 rings (SSSR count). The second-order valence-corrected chi connectivity index (χ2v) is 12.1. The number of nitrogens with one attached hydrogen (secondary N) is 2. The Morgan fingerprint density at radius 2 is 1.38 bits per heavy atom. The summed E-state index contributed by atoms with van der Waals surface area (Å²) >= 11 is 6.16. The number of hydrogen-bond donors (Lipinski definition) is 4. The molecular formula is C26H25ClN4O4S2. The Balaban J connectivity index is 1.70. The molecule has 8 nitrogen and oxygen atoms in total. The average molecular weight is 557 g/mol. The Morgan fingerprint density at radius 1 is 0.703 bits per heavy atom. The van der Waals surface area contributed by atoms with Crippen LogP contribution in [0.5, 0.6) is 0 Å². The molecule has 0 unspecified atom stereocenters. The quantitative estimate of drug-likeness (QED) is 0.228. The van der Waals surface area contributed by atoms with Gasteiger partial charge in [0.25, 0.3) is 0 Å². The van der Waals surface area contributed by atoms with Crippen molar-refractivity contribution in [2.75, 3.05) is 11.5 Å². The van der Waals surface area contributed by atoms with Crippen LogP contribution in [-0.4, -0.2) is 16.8 Å². The van der Waals surface area contributed by atoms with Crippen LogP contribution in [0.2, 0.25) is 5.02 Å². The van der Waals surface area contributed by atoms with Crippen molar-refractivity contribution in [3.8, 4) is 11.1 Å². The summed E-state index contributed by atoms with van der Waals surface area (Å²) in [4.78, 5) is -0.236. The maximum atomic E-state index is 13.3. The third-order valence-corrected chi connectivity index (χ3v) is 8.79. The van der Waals surface area contributed by atoms with Crippen LogP contribution in [0.25, 0.3) is 11.1 Å². The van der Waals surface area contributed by atoms with E-state index in [1.165, 1.54) is 36.4 Å². The van der Waals surface area contributed by atoms with E-state index in [4.69, 9.17) is 23.1 Å². The molecule has 0 aliphatic heterocycles. The predicted octanol–water partition coefficient (Wildman–Crippen LogP) is 4.13. The number of hydrogen-bond acceptors (Lipinski definition) is 6. The van der Waals surface area contributed by atoms with E-state index >= 15 is 0 Å². The Hall–Kier alpha value is -3.41. The maximum Gasteiger partial charge on any atom is 0.241 e. The summed E-state index contributed by atoms with van der Waals surface area (Å²) < 4.78 is 57.8. The normalized spacial score (nSPS) is 11.9. The lowest BCUT2D eigenvalue weighted by molar-refractivity contribution is 0.580. The van der Waals surface area contributed by atoms with Crippen molar-refractivity contribution in [2.45, 2.75) is 22.9 Å². The molecule has 192 valence electrons. The van der Waals surface area contributed by atoms with E-state index in [9.17, 15) is 16.8 Å². The molecule has 0 fully saturated rings. The zero-order chi connectivity index (χ0) is 26.6. The number of nitrogens with two attached hydrogens (primary N) is 2. The third kappa shape index (κ3) is 6.30. The molecule has 4 aromatic carbocycles. The second-order valence-electron chi connectivity index (χ2n) is 8.24. The standard InChI is InChI=1S/C26H25ClN4O4S2/c27-23-10-5-4-9-19(23)17-31-37(34,35)25-12-6-11-24(29)26(25)20-13-21(28)15-22(14-20)36(32,33)30-16-18-7-2-1-3-8-18/h1-15,30-31H,16-17,28-29H2. The van der Waals surface area contributed by atoms with E-state index in [-0.39, 0.29) is 45.4 Å². The Kier molecular flexibility index (Phi) is 7.86. The van der Waals surface area contributed by atoms with Crippen LogP contribution in [0.4, 0.5) is 11.4 Å². The molecule has 37 heavy (non-hydrogen) atoms. The van der Waals surface area contributed by atoms with Crippen LogP contribution in [0.3, 0.4) is 0 Å². The van der Waals surface area contributed by atoms with Crippen LogP contribution in [-0.2, 0) is 33.1 Å². The van der Waals surface area contributed by atoms with E-state index < -0.39 is 20.0 Å². The molecule has 0 saturated carbocycles.